The maximum atomic E-state index is 11.8. The summed E-state index contributed by atoms with van der Waals surface area (Å²) in [5, 5.41) is 17.7. The Morgan fingerprint density at radius 2 is 0.569 bits per heavy atom. The van der Waals surface area contributed by atoms with Gasteiger partial charge in [-0.05, 0) is 191 Å². The Morgan fingerprint density at radius 3 is 0.922 bits per heavy atom. The molecule has 0 saturated heterocycles. The minimum Gasteiger partial charge on any atom is -0.444 e. The quantitative estimate of drug-likeness (QED) is 0.0868. The van der Waals surface area contributed by atoms with Crippen LogP contribution in [0.2, 0.25) is 0 Å². The SMILES string of the molecule is CC(C)(C)OC(=O)NC1/C=C/CCCC[C@H]1N.CC(C)(C)OC(=O)N[C@@H]1CC/C=C/CCC1N.CC(C)(C)OC(=O)N[C@@H]1CCCC/C=C/C1N.CC(C)(C)SC(=O)NC1/C=C/CCCC[C@H]1N.CC(C)(C)SC(=O)N[C@@H]1CC/C=C/CCC1N.CC(C)(C)SC(=O)N[C@@H]1CCCC/C=C/C1N. The Balaban J connectivity index is 0.000000612. The van der Waals surface area contributed by atoms with Crippen LogP contribution in [0.25, 0.3) is 0 Å². The van der Waals surface area contributed by atoms with Crippen molar-refractivity contribution in [1.82, 2.24) is 31.9 Å². The van der Waals surface area contributed by atoms with E-state index in [-0.39, 0.29) is 115 Å². The number of alkyl carbamates (subject to hydrolysis) is 3. The lowest BCUT2D eigenvalue weighted by Crippen LogP contribution is -2.49. The third kappa shape index (κ3) is 52.4. The van der Waals surface area contributed by atoms with E-state index in [1.807, 2.05) is 149 Å². The molecule has 6 amide bonds. The molecule has 0 aromatic heterocycles. The third-order valence-corrected chi connectivity index (χ3v) is 18.8. The standard InChI is InChI=1S/3C13H24N2O2.3C13H24N2OS/c6*1-13(2,3)17-12(16)15-11-9-7-5-4-6-8-10(11)14/h7,9-11H,4-6,8,14H2,1-3H3,(H,15,16);6,8,10-11H,4-5,7,9,14H2,1-3H3,(H,15,16);4-5,10-11H,6-9,14H2,1-3H3,(H,15,16);7,9-11H,4-6,8,14H2,1-3H3,(H,15,16);6,8,10-11H,4-5,7,9,14H2,1-3H3,(H,15,16);4-5,10-11H,6-9,14H2,1-3H3,(H,15,16)/b9-7+;8-6+;5-4+;9-7+;8-6+;5-4+/t10-,11?;2*10?,11-;10-,11?;2*10?,11-/m111111/s1. The number of carbonyl (C=O) groups is 6. The highest BCUT2D eigenvalue weighted by Gasteiger charge is 2.29. The van der Waals surface area contributed by atoms with Crippen molar-refractivity contribution in [2.24, 2.45) is 34.4 Å². The van der Waals surface area contributed by atoms with Gasteiger partial charge in [-0.25, -0.2) is 14.4 Å². The molecule has 0 radical (unpaired) electrons. The van der Waals surface area contributed by atoms with Crippen LogP contribution in [0.5, 0.6) is 0 Å². The predicted molar refractivity (Wildman–Crippen MR) is 432 cm³/mol. The van der Waals surface area contributed by atoms with Crippen molar-refractivity contribution in [2.45, 2.75) is 382 Å². The van der Waals surface area contributed by atoms with Crippen LogP contribution >= 0.6 is 35.3 Å². The summed E-state index contributed by atoms with van der Waals surface area (Å²) in [6.07, 6.45) is 48.8. The van der Waals surface area contributed by atoms with E-state index in [1.54, 1.807) is 0 Å². The molecule has 12 atom stereocenters. The normalized spacial score (nSPS) is 27.9. The number of hydrogen-bond acceptors (Lipinski definition) is 18. The van der Waals surface area contributed by atoms with Crippen LogP contribution < -0.4 is 66.3 Å². The molecule has 24 heteroatoms. The number of nitrogens with one attached hydrogen (secondary N) is 6. The maximum absolute atomic E-state index is 11.8. The van der Waals surface area contributed by atoms with Crippen LogP contribution in [0.3, 0.4) is 0 Å². The van der Waals surface area contributed by atoms with Crippen LogP contribution in [0, 0.1) is 0 Å². The van der Waals surface area contributed by atoms with Gasteiger partial charge >= 0.3 is 18.3 Å². The smallest absolute Gasteiger partial charge is 0.408 e. The summed E-state index contributed by atoms with van der Waals surface area (Å²) in [6.45, 7) is 35.0. The highest BCUT2D eigenvalue weighted by atomic mass is 32.2. The van der Waals surface area contributed by atoms with Gasteiger partial charge in [0.05, 0.1) is 18.1 Å². The lowest BCUT2D eigenvalue weighted by atomic mass is 9.96. The van der Waals surface area contributed by atoms with E-state index in [4.69, 9.17) is 48.6 Å². The maximum Gasteiger partial charge on any atom is 0.408 e. The molecule has 6 unspecified atom stereocenters. The van der Waals surface area contributed by atoms with Crippen LogP contribution in [-0.2, 0) is 14.2 Å². The fourth-order valence-corrected chi connectivity index (χ4v) is 13.3. The summed E-state index contributed by atoms with van der Waals surface area (Å²) in [5.41, 5.74) is 34.9. The first-order valence-corrected chi connectivity index (χ1v) is 40.2. The molecule has 6 aliphatic rings. The highest BCUT2D eigenvalue weighted by Crippen LogP contribution is 2.28. The first kappa shape index (κ1) is 95.5. The Kier molecular flexibility index (Phi) is 46.2. The molecule has 0 saturated carbocycles. The van der Waals surface area contributed by atoms with Gasteiger partial charge in [-0.2, -0.15) is 0 Å². The molecule has 0 aliphatic heterocycles. The molecular weight excluding hydrogens is 1350 g/mol. The summed E-state index contributed by atoms with van der Waals surface area (Å²) in [5.74, 6) is 0. The monoisotopic (exact) mass is 1490 g/mol. The second-order valence-electron chi connectivity index (χ2n) is 33.3. The van der Waals surface area contributed by atoms with E-state index in [1.165, 1.54) is 54.5 Å². The lowest BCUT2D eigenvalue weighted by molar-refractivity contribution is 0.0483. The number of carbonyl (C=O) groups excluding carboxylic acids is 6. The van der Waals surface area contributed by atoms with Gasteiger partial charge in [0, 0.05) is 68.6 Å². The second kappa shape index (κ2) is 49.4. The summed E-state index contributed by atoms with van der Waals surface area (Å²) >= 11 is 4.00. The number of hydrogen-bond donors (Lipinski definition) is 12. The molecule has 102 heavy (non-hydrogen) atoms. The molecule has 0 aromatic rings. The van der Waals surface area contributed by atoms with Crippen molar-refractivity contribution in [3.05, 3.63) is 72.9 Å². The van der Waals surface area contributed by atoms with Gasteiger partial charge < -0.3 is 80.5 Å². The summed E-state index contributed by atoms with van der Waals surface area (Å²) in [6, 6.07) is -0.0510. The molecule has 18 N–H and O–H groups in total. The molecular formula is C78H144N12O9S3. The Hall–Kier alpha value is -4.53. The van der Waals surface area contributed by atoms with Crippen molar-refractivity contribution in [3.63, 3.8) is 0 Å². The van der Waals surface area contributed by atoms with E-state index in [9.17, 15) is 28.8 Å². The van der Waals surface area contributed by atoms with Gasteiger partial charge in [0.25, 0.3) is 15.7 Å². The molecule has 0 bridgehead atoms. The first-order valence-electron chi connectivity index (χ1n) is 37.8. The van der Waals surface area contributed by atoms with Crippen molar-refractivity contribution in [3.8, 4) is 0 Å². The summed E-state index contributed by atoms with van der Waals surface area (Å²) in [7, 11) is 0. The number of thioether (sulfide) groups is 3. The highest BCUT2D eigenvalue weighted by molar-refractivity contribution is 8.15. The zero-order valence-corrected chi connectivity index (χ0v) is 68.6. The van der Waals surface area contributed by atoms with Gasteiger partial charge in [-0.1, -0.05) is 196 Å². The minimum atomic E-state index is -0.473. The largest absolute Gasteiger partial charge is 0.444 e. The van der Waals surface area contributed by atoms with Crippen LogP contribution in [0.4, 0.5) is 28.8 Å². The number of nitrogens with two attached hydrogens (primary N) is 6. The Morgan fingerprint density at radius 1 is 0.294 bits per heavy atom. The summed E-state index contributed by atoms with van der Waals surface area (Å²) < 4.78 is 15.5. The van der Waals surface area contributed by atoms with Gasteiger partial charge in [-0.3, -0.25) is 14.4 Å². The van der Waals surface area contributed by atoms with E-state index in [2.05, 4.69) is 80.5 Å². The van der Waals surface area contributed by atoms with Gasteiger partial charge in [0.15, 0.2) is 0 Å². The Bertz CT molecular complexity index is 2430. The molecule has 0 heterocycles. The number of rotatable bonds is 6. The molecule has 0 fully saturated rings. The van der Waals surface area contributed by atoms with Crippen LogP contribution in [0.15, 0.2) is 72.9 Å². The van der Waals surface area contributed by atoms with Crippen molar-refractivity contribution in [1.29, 1.82) is 0 Å². The van der Waals surface area contributed by atoms with Crippen LogP contribution in [0.1, 0.15) is 279 Å². The topological polar surface area (TPSA) is 358 Å². The average Bonchev–Trinajstić information content (AvgIpc) is 0.931. The predicted octanol–water partition coefficient (Wildman–Crippen LogP) is 16.2. The number of allylic oxidation sites excluding steroid dienone is 8. The molecule has 21 nitrogen and oxygen atoms in total. The number of ether oxygens (including phenoxy) is 3. The first-order chi connectivity index (χ1) is 47.3. The van der Waals surface area contributed by atoms with Crippen molar-refractivity contribution >= 4 is 69.3 Å². The summed E-state index contributed by atoms with van der Waals surface area (Å²) in [4.78, 5) is 70.5. The van der Waals surface area contributed by atoms with E-state index in [0.29, 0.717) is 0 Å². The van der Waals surface area contributed by atoms with Crippen molar-refractivity contribution < 1.29 is 43.0 Å². The van der Waals surface area contributed by atoms with Crippen LogP contribution in [-0.4, -0.2) is 138 Å². The Labute approximate surface area is 630 Å². The third-order valence-electron chi connectivity index (χ3n) is 16.0. The number of amides is 6. The van der Waals surface area contributed by atoms with Gasteiger partial charge in [0.1, 0.15) is 16.8 Å². The zero-order valence-electron chi connectivity index (χ0n) is 66.2. The van der Waals surface area contributed by atoms with E-state index >= 15 is 0 Å². The minimum absolute atomic E-state index is 0.00692. The fourth-order valence-electron chi connectivity index (χ4n) is 11.0. The molecule has 0 spiro atoms. The molecule has 6 rings (SSSR count). The van der Waals surface area contributed by atoms with Gasteiger partial charge in [0.2, 0.25) is 0 Å². The van der Waals surface area contributed by atoms with E-state index < -0.39 is 22.9 Å². The molecule has 588 valence electrons. The molecule has 6 aliphatic carbocycles. The van der Waals surface area contributed by atoms with Crippen molar-refractivity contribution in [2.75, 3.05) is 0 Å². The van der Waals surface area contributed by atoms with Gasteiger partial charge in [-0.15, -0.1) is 0 Å². The zero-order chi connectivity index (χ0) is 77.3. The second-order valence-corrected chi connectivity index (χ2v) is 38.7. The molecule has 0 aromatic carbocycles. The fraction of sp³-hybridized carbons (Fsp3) is 0.769. The average molecular weight is 1490 g/mol. The lowest BCUT2D eigenvalue weighted by Gasteiger charge is -2.27. The van der Waals surface area contributed by atoms with E-state index in [0.717, 1.165) is 135 Å².